The number of benzene rings is 2. The molecular formula is C28H37NO. The van der Waals surface area contributed by atoms with E-state index in [1.807, 2.05) is 0 Å². The van der Waals surface area contributed by atoms with Crippen LogP contribution in [0.4, 0.5) is 0 Å². The van der Waals surface area contributed by atoms with Crippen LogP contribution in [0.25, 0.3) is 5.57 Å². The van der Waals surface area contributed by atoms with E-state index in [9.17, 15) is 0 Å². The van der Waals surface area contributed by atoms with Crippen molar-refractivity contribution in [2.24, 2.45) is 5.92 Å². The van der Waals surface area contributed by atoms with Gasteiger partial charge in [-0.05, 0) is 99.9 Å². The topological polar surface area (TPSA) is 12.5 Å². The van der Waals surface area contributed by atoms with Gasteiger partial charge in [0.2, 0.25) is 0 Å². The molecule has 2 aliphatic heterocycles. The minimum atomic E-state index is -0.220. The smallest absolute Gasteiger partial charge is 0.134 e. The fraction of sp³-hybridized carbons (Fsp3) is 0.500. The van der Waals surface area contributed by atoms with Crippen LogP contribution >= 0.6 is 0 Å². The highest BCUT2D eigenvalue weighted by Gasteiger charge is 2.54. The van der Waals surface area contributed by atoms with Gasteiger partial charge in [0.25, 0.3) is 0 Å². The number of hydrogen-bond donors (Lipinski definition) is 0. The summed E-state index contributed by atoms with van der Waals surface area (Å²) < 4.78 is 6.75. The Morgan fingerprint density at radius 1 is 0.933 bits per heavy atom. The number of likely N-dealkylation sites (tertiary alicyclic amines) is 1. The molecule has 0 amide bonds. The van der Waals surface area contributed by atoms with E-state index in [1.54, 1.807) is 0 Å². The molecule has 160 valence electrons. The first kappa shape index (κ1) is 21.2. The molecule has 2 aromatic carbocycles. The molecule has 1 saturated heterocycles. The number of rotatable bonds is 2. The zero-order valence-electron chi connectivity index (χ0n) is 20.0. The maximum absolute atomic E-state index is 6.75. The van der Waals surface area contributed by atoms with Gasteiger partial charge in [-0.25, -0.2) is 0 Å². The van der Waals surface area contributed by atoms with E-state index in [0.717, 1.165) is 12.8 Å². The lowest BCUT2D eigenvalue weighted by Gasteiger charge is -2.53. The average molecular weight is 404 g/mol. The predicted octanol–water partition coefficient (Wildman–Crippen LogP) is 6.83. The van der Waals surface area contributed by atoms with Crippen LogP contribution in [0.2, 0.25) is 0 Å². The Bertz CT molecular complexity index is 1000. The van der Waals surface area contributed by atoms with Gasteiger partial charge in [-0.2, -0.15) is 0 Å². The quantitative estimate of drug-likeness (QED) is 0.545. The van der Waals surface area contributed by atoms with Gasteiger partial charge in [-0.15, -0.1) is 0 Å². The number of hydrogen-bond acceptors (Lipinski definition) is 2. The molecule has 0 bridgehead atoms. The number of nitrogens with zero attached hydrogens (tertiary/aromatic N) is 1. The molecule has 0 aromatic heterocycles. The van der Waals surface area contributed by atoms with E-state index in [2.05, 4.69) is 97.0 Å². The molecule has 1 fully saturated rings. The minimum absolute atomic E-state index is 0.220. The van der Waals surface area contributed by atoms with Crippen LogP contribution in [-0.2, 0) is 4.74 Å². The summed E-state index contributed by atoms with van der Waals surface area (Å²) in [6, 6.07) is 12.4. The monoisotopic (exact) mass is 403 g/mol. The van der Waals surface area contributed by atoms with Crippen molar-refractivity contribution in [1.82, 2.24) is 4.90 Å². The van der Waals surface area contributed by atoms with Crippen molar-refractivity contribution in [2.45, 2.75) is 79.0 Å². The third-order valence-electron chi connectivity index (χ3n) is 7.99. The summed E-state index contributed by atoms with van der Waals surface area (Å²) in [5.41, 5.74) is 10.6. The first-order chi connectivity index (χ1) is 14.1. The lowest BCUT2D eigenvalue weighted by atomic mass is 9.68. The SMILES string of the molecule is Cc1cc(C)c(C)c(C2=COC3(C2)C(C)CC(C)N(C)C3c2ccc(C)c(C)c2)c1. The summed E-state index contributed by atoms with van der Waals surface area (Å²) in [4.78, 5) is 2.55. The van der Waals surface area contributed by atoms with Crippen molar-refractivity contribution >= 4 is 5.57 Å². The molecule has 4 rings (SSSR count). The van der Waals surface area contributed by atoms with Crippen LogP contribution in [0.5, 0.6) is 0 Å². The molecule has 2 aromatic rings. The molecule has 0 aliphatic carbocycles. The summed E-state index contributed by atoms with van der Waals surface area (Å²) in [7, 11) is 2.28. The van der Waals surface area contributed by atoms with Crippen molar-refractivity contribution in [3.05, 3.63) is 75.5 Å². The second-order valence-corrected chi connectivity index (χ2v) is 10.0. The summed E-state index contributed by atoms with van der Waals surface area (Å²) in [5.74, 6) is 0.482. The highest BCUT2D eigenvalue weighted by molar-refractivity contribution is 5.71. The van der Waals surface area contributed by atoms with Gasteiger partial charge < -0.3 is 4.74 Å². The fourth-order valence-corrected chi connectivity index (χ4v) is 5.74. The molecule has 0 N–H and O–H groups in total. The zero-order valence-corrected chi connectivity index (χ0v) is 20.0. The normalized spacial score (nSPS) is 29.2. The molecule has 4 atom stereocenters. The summed E-state index contributed by atoms with van der Waals surface area (Å²) in [5, 5.41) is 0. The second-order valence-electron chi connectivity index (χ2n) is 10.0. The highest BCUT2D eigenvalue weighted by Crippen LogP contribution is 2.54. The van der Waals surface area contributed by atoms with E-state index in [4.69, 9.17) is 4.74 Å². The van der Waals surface area contributed by atoms with Gasteiger partial charge in [0.1, 0.15) is 5.60 Å². The van der Waals surface area contributed by atoms with Crippen LogP contribution in [-0.4, -0.2) is 23.6 Å². The van der Waals surface area contributed by atoms with Gasteiger partial charge in [0.15, 0.2) is 0 Å². The molecule has 0 radical (unpaired) electrons. The number of ether oxygens (including phenoxy) is 1. The van der Waals surface area contributed by atoms with Gasteiger partial charge in [-0.1, -0.05) is 42.8 Å². The van der Waals surface area contributed by atoms with Crippen molar-refractivity contribution in [3.8, 4) is 0 Å². The number of aryl methyl sites for hydroxylation is 4. The van der Waals surface area contributed by atoms with Crippen LogP contribution in [0, 0.1) is 40.5 Å². The molecule has 2 heteroatoms. The summed E-state index contributed by atoms with van der Waals surface area (Å²) >= 11 is 0. The molecule has 30 heavy (non-hydrogen) atoms. The second kappa shape index (κ2) is 7.57. The van der Waals surface area contributed by atoms with E-state index >= 15 is 0 Å². The first-order valence-corrected chi connectivity index (χ1v) is 11.4. The van der Waals surface area contributed by atoms with E-state index in [0.29, 0.717) is 12.0 Å². The Balaban J connectivity index is 1.78. The lowest BCUT2D eigenvalue weighted by molar-refractivity contribution is -0.121. The van der Waals surface area contributed by atoms with Crippen LogP contribution in [0.3, 0.4) is 0 Å². The first-order valence-electron chi connectivity index (χ1n) is 11.4. The Morgan fingerprint density at radius 3 is 2.37 bits per heavy atom. The molecule has 4 unspecified atom stereocenters. The van der Waals surface area contributed by atoms with Gasteiger partial charge in [0, 0.05) is 12.5 Å². The maximum atomic E-state index is 6.75. The molecule has 2 heterocycles. The third kappa shape index (κ3) is 3.30. The Kier molecular flexibility index (Phi) is 5.34. The summed E-state index contributed by atoms with van der Waals surface area (Å²) in [6.45, 7) is 15.8. The van der Waals surface area contributed by atoms with Crippen molar-refractivity contribution in [2.75, 3.05) is 7.05 Å². The molecule has 0 saturated carbocycles. The number of piperidine rings is 1. The van der Waals surface area contributed by atoms with Crippen molar-refractivity contribution < 1.29 is 4.74 Å². The van der Waals surface area contributed by atoms with E-state index in [1.165, 1.54) is 44.5 Å². The Morgan fingerprint density at radius 2 is 1.67 bits per heavy atom. The molecule has 2 aliphatic rings. The summed E-state index contributed by atoms with van der Waals surface area (Å²) in [6.07, 6.45) is 4.20. The third-order valence-corrected chi connectivity index (χ3v) is 7.99. The predicted molar refractivity (Wildman–Crippen MR) is 127 cm³/mol. The van der Waals surface area contributed by atoms with E-state index < -0.39 is 0 Å². The molecule has 2 nitrogen and oxygen atoms in total. The Labute approximate surface area is 182 Å². The fourth-order valence-electron chi connectivity index (χ4n) is 5.74. The van der Waals surface area contributed by atoms with Crippen molar-refractivity contribution in [3.63, 3.8) is 0 Å². The lowest BCUT2D eigenvalue weighted by Crippen LogP contribution is -2.56. The standard InChI is InChI=1S/C28H37NO/c1-17-11-20(4)23(7)26(12-17)25-15-28(30-16-25)21(5)14-22(6)29(8)27(28)24-10-9-18(2)19(3)13-24/h9-13,16,21-22,27H,14-15H2,1-8H3. The molecule has 1 spiro atoms. The maximum Gasteiger partial charge on any atom is 0.134 e. The highest BCUT2D eigenvalue weighted by atomic mass is 16.5. The van der Waals surface area contributed by atoms with Crippen LogP contribution in [0.1, 0.15) is 71.7 Å². The van der Waals surface area contributed by atoms with Crippen molar-refractivity contribution in [1.29, 1.82) is 0 Å². The number of likely N-dealkylation sites (N-methyl/N-ethyl adjacent to an activating group) is 1. The minimum Gasteiger partial charge on any atom is -0.492 e. The average Bonchev–Trinajstić information content (AvgIpc) is 3.12. The van der Waals surface area contributed by atoms with Gasteiger partial charge in [0.05, 0.1) is 12.3 Å². The molecular weight excluding hydrogens is 366 g/mol. The largest absolute Gasteiger partial charge is 0.492 e. The van der Waals surface area contributed by atoms with Gasteiger partial charge >= 0.3 is 0 Å². The van der Waals surface area contributed by atoms with Gasteiger partial charge in [-0.3, -0.25) is 4.90 Å². The van der Waals surface area contributed by atoms with E-state index in [-0.39, 0.29) is 11.6 Å². The van der Waals surface area contributed by atoms with Crippen LogP contribution in [0.15, 0.2) is 36.6 Å². The Hall–Kier alpha value is -2.06. The zero-order chi connectivity index (χ0) is 21.8. The van der Waals surface area contributed by atoms with Crippen LogP contribution < -0.4 is 0 Å².